The Hall–Kier alpha value is -0.450. The van der Waals surface area contributed by atoms with Crippen LogP contribution >= 0.6 is 0 Å². The molecule has 0 amide bonds. The lowest BCUT2D eigenvalue weighted by Crippen LogP contribution is -2.37. The molecule has 0 radical (unpaired) electrons. The maximum Gasteiger partial charge on any atom is 0.141 e. The smallest absolute Gasteiger partial charge is 0.141 e. The van der Waals surface area contributed by atoms with Gasteiger partial charge in [-0.2, -0.15) is 0 Å². The van der Waals surface area contributed by atoms with Gasteiger partial charge < -0.3 is 14.7 Å². The second-order valence-electron chi connectivity index (χ2n) is 4.91. The number of aliphatic hydroxyl groups excluding tert-OH is 1. The first kappa shape index (κ1) is 12.0. The van der Waals surface area contributed by atoms with Gasteiger partial charge in [0.25, 0.3) is 0 Å². The lowest BCUT2D eigenvalue weighted by molar-refractivity contribution is -0.131. The second-order valence-corrected chi connectivity index (χ2v) is 4.91. The molecule has 2 atom stereocenters. The lowest BCUT2D eigenvalue weighted by atomic mass is 10.00. The number of carbonyl (C=O) groups excluding carboxylic acids is 1. The molecule has 0 aliphatic carbocycles. The van der Waals surface area contributed by atoms with Gasteiger partial charge in [-0.1, -0.05) is 0 Å². The fourth-order valence-electron chi connectivity index (χ4n) is 2.66. The molecule has 92 valence electrons. The summed E-state index contributed by atoms with van der Waals surface area (Å²) >= 11 is 0. The molecule has 2 fully saturated rings. The first-order chi connectivity index (χ1) is 7.79. The van der Waals surface area contributed by atoms with Crippen molar-refractivity contribution in [2.24, 2.45) is 11.8 Å². The number of rotatable bonds is 4. The number of aliphatic hydroxyl groups is 1. The highest BCUT2D eigenvalue weighted by atomic mass is 16.5. The number of hydrogen-bond donors (Lipinski definition) is 1. The van der Waals surface area contributed by atoms with E-state index < -0.39 is 0 Å². The average Bonchev–Trinajstić information content (AvgIpc) is 2.70. The minimum absolute atomic E-state index is 0.0848. The van der Waals surface area contributed by atoms with Crippen molar-refractivity contribution in [1.82, 2.24) is 4.90 Å². The summed E-state index contributed by atoms with van der Waals surface area (Å²) in [6.07, 6.45) is 2.63. The van der Waals surface area contributed by atoms with Crippen molar-refractivity contribution in [3.63, 3.8) is 0 Å². The molecule has 0 saturated carbocycles. The zero-order chi connectivity index (χ0) is 11.4. The Kier molecular flexibility index (Phi) is 4.32. The summed E-state index contributed by atoms with van der Waals surface area (Å²) in [7, 11) is 0. The van der Waals surface area contributed by atoms with Crippen molar-refractivity contribution < 1.29 is 14.6 Å². The Balaban J connectivity index is 1.75. The van der Waals surface area contributed by atoms with E-state index in [-0.39, 0.29) is 12.5 Å². The number of Topliss-reactive ketones (excluding diaryl/α,β-unsaturated/α-hetero) is 1. The van der Waals surface area contributed by atoms with Gasteiger partial charge in [0.1, 0.15) is 5.78 Å². The maximum absolute atomic E-state index is 11.6. The average molecular weight is 227 g/mol. The van der Waals surface area contributed by atoms with Crippen LogP contribution in [0.1, 0.15) is 19.3 Å². The summed E-state index contributed by atoms with van der Waals surface area (Å²) in [6, 6.07) is 0. The summed E-state index contributed by atoms with van der Waals surface area (Å²) in [5.41, 5.74) is 0. The summed E-state index contributed by atoms with van der Waals surface area (Å²) < 4.78 is 5.35. The van der Waals surface area contributed by atoms with Crippen LogP contribution < -0.4 is 0 Å². The van der Waals surface area contributed by atoms with E-state index in [0.717, 1.165) is 32.5 Å². The van der Waals surface area contributed by atoms with Gasteiger partial charge in [-0.15, -0.1) is 0 Å². The summed E-state index contributed by atoms with van der Waals surface area (Å²) in [6.45, 7) is 4.42. The van der Waals surface area contributed by atoms with Gasteiger partial charge in [0.05, 0.1) is 19.1 Å². The Morgan fingerprint density at radius 3 is 3.12 bits per heavy atom. The summed E-state index contributed by atoms with van der Waals surface area (Å²) in [4.78, 5) is 14.0. The fourth-order valence-corrected chi connectivity index (χ4v) is 2.66. The lowest BCUT2D eigenvalue weighted by Gasteiger charge is -2.25. The predicted octanol–water partition coefficient (Wildman–Crippen LogP) is 0.296. The summed E-state index contributed by atoms with van der Waals surface area (Å²) in [5, 5.41) is 8.88. The third-order valence-electron chi connectivity index (χ3n) is 3.65. The van der Waals surface area contributed by atoms with Crippen molar-refractivity contribution in [3.8, 4) is 0 Å². The number of ketones is 1. The van der Waals surface area contributed by atoms with E-state index in [1.54, 1.807) is 0 Å². The Labute approximate surface area is 96.6 Å². The number of nitrogens with zero attached hydrogens (tertiary/aromatic N) is 1. The fraction of sp³-hybridized carbons (Fsp3) is 0.917. The summed E-state index contributed by atoms with van der Waals surface area (Å²) in [5.74, 6) is 1.06. The van der Waals surface area contributed by atoms with E-state index in [4.69, 9.17) is 9.84 Å². The highest BCUT2D eigenvalue weighted by molar-refractivity contribution is 5.82. The largest absolute Gasteiger partial charge is 0.396 e. The molecule has 1 N–H and O–H groups in total. The van der Waals surface area contributed by atoms with Gasteiger partial charge in [0.2, 0.25) is 0 Å². The van der Waals surface area contributed by atoms with Crippen LogP contribution in [0.15, 0.2) is 0 Å². The van der Waals surface area contributed by atoms with Crippen LogP contribution in [0.2, 0.25) is 0 Å². The molecule has 4 heteroatoms. The minimum Gasteiger partial charge on any atom is -0.396 e. The van der Waals surface area contributed by atoms with Crippen LogP contribution in [-0.4, -0.2) is 55.2 Å². The van der Waals surface area contributed by atoms with Crippen molar-refractivity contribution in [2.75, 3.05) is 39.5 Å². The molecular formula is C12H21NO3. The van der Waals surface area contributed by atoms with Gasteiger partial charge in [0.15, 0.2) is 0 Å². The van der Waals surface area contributed by atoms with E-state index in [0.29, 0.717) is 31.3 Å². The molecule has 0 bridgehead atoms. The molecule has 2 heterocycles. The number of likely N-dealkylation sites (tertiary alicyclic amines) is 1. The van der Waals surface area contributed by atoms with Gasteiger partial charge in [-0.25, -0.2) is 0 Å². The quantitative estimate of drug-likeness (QED) is 0.750. The van der Waals surface area contributed by atoms with Crippen LogP contribution in [0, 0.1) is 11.8 Å². The molecule has 2 rings (SSSR count). The van der Waals surface area contributed by atoms with Gasteiger partial charge in [-0.05, 0) is 25.3 Å². The predicted molar refractivity (Wildman–Crippen MR) is 60.2 cm³/mol. The molecule has 0 aromatic heterocycles. The molecule has 0 aromatic carbocycles. The van der Waals surface area contributed by atoms with Gasteiger partial charge in [0, 0.05) is 26.1 Å². The molecule has 16 heavy (non-hydrogen) atoms. The Morgan fingerprint density at radius 2 is 2.38 bits per heavy atom. The molecule has 2 aliphatic heterocycles. The number of carbonyl (C=O) groups is 1. The third-order valence-corrected chi connectivity index (χ3v) is 3.65. The van der Waals surface area contributed by atoms with Crippen molar-refractivity contribution in [2.45, 2.75) is 19.3 Å². The zero-order valence-corrected chi connectivity index (χ0v) is 9.73. The van der Waals surface area contributed by atoms with E-state index >= 15 is 0 Å². The SMILES string of the molecule is O=C1CCOCC1CN1CCC(CCO)C1. The monoisotopic (exact) mass is 227 g/mol. The van der Waals surface area contributed by atoms with Crippen LogP contribution in [0.5, 0.6) is 0 Å². The highest BCUT2D eigenvalue weighted by Gasteiger charge is 2.28. The molecule has 4 nitrogen and oxygen atoms in total. The second kappa shape index (κ2) is 5.75. The molecular weight excluding hydrogens is 206 g/mol. The van der Waals surface area contributed by atoms with Crippen molar-refractivity contribution in [1.29, 1.82) is 0 Å². The number of ether oxygens (including phenoxy) is 1. The van der Waals surface area contributed by atoms with Crippen molar-refractivity contribution in [3.05, 3.63) is 0 Å². The first-order valence-corrected chi connectivity index (χ1v) is 6.23. The van der Waals surface area contributed by atoms with Crippen LogP contribution in [-0.2, 0) is 9.53 Å². The van der Waals surface area contributed by atoms with Gasteiger partial charge >= 0.3 is 0 Å². The van der Waals surface area contributed by atoms with Gasteiger partial charge in [-0.3, -0.25) is 4.79 Å². The van der Waals surface area contributed by atoms with Crippen LogP contribution in [0.4, 0.5) is 0 Å². The van der Waals surface area contributed by atoms with E-state index in [2.05, 4.69) is 4.90 Å². The maximum atomic E-state index is 11.6. The van der Waals surface area contributed by atoms with E-state index in [9.17, 15) is 4.79 Å². The van der Waals surface area contributed by atoms with E-state index in [1.165, 1.54) is 0 Å². The van der Waals surface area contributed by atoms with E-state index in [1.807, 2.05) is 0 Å². The molecule has 0 aromatic rings. The molecule has 0 spiro atoms. The molecule has 2 saturated heterocycles. The van der Waals surface area contributed by atoms with Crippen LogP contribution in [0.25, 0.3) is 0 Å². The standard InChI is InChI=1S/C12H21NO3/c14-5-2-10-1-4-13(7-10)8-11-9-16-6-3-12(11)15/h10-11,14H,1-9H2. The first-order valence-electron chi connectivity index (χ1n) is 6.23. The third kappa shape index (κ3) is 3.03. The Bertz CT molecular complexity index is 244. The minimum atomic E-state index is 0.0848. The zero-order valence-electron chi connectivity index (χ0n) is 9.73. The highest BCUT2D eigenvalue weighted by Crippen LogP contribution is 2.21. The normalized spacial score (nSPS) is 32.2. The molecule has 2 aliphatic rings. The topological polar surface area (TPSA) is 49.8 Å². The Morgan fingerprint density at radius 1 is 1.50 bits per heavy atom. The number of hydrogen-bond acceptors (Lipinski definition) is 4. The van der Waals surface area contributed by atoms with Crippen LogP contribution in [0.3, 0.4) is 0 Å². The van der Waals surface area contributed by atoms with Crippen molar-refractivity contribution >= 4 is 5.78 Å². The molecule has 2 unspecified atom stereocenters.